The van der Waals surface area contributed by atoms with Crippen LogP contribution in [0.3, 0.4) is 0 Å². The van der Waals surface area contributed by atoms with Crippen LogP contribution in [0, 0.1) is 5.92 Å². The molecule has 0 amide bonds. The molecular weight excluding hydrogens is 212 g/mol. The number of likely N-dealkylation sites (tertiary alicyclic amines) is 1. The van der Waals surface area contributed by atoms with Gasteiger partial charge in [-0.2, -0.15) is 0 Å². The molecule has 2 fully saturated rings. The Hall–Kier alpha value is -0.120. The second-order valence-corrected chi connectivity index (χ2v) is 5.62. The van der Waals surface area contributed by atoms with Gasteiger partial charge in [0.25, 0.3) is 0 Å². The van der Waals surface area contributed by atoms with Gasteiger partial charge >= 0.3 is 0 Å². The fourth-order valence-corrected chi connectivity index (χ4v) is 3.50. The van der Waals surface area contributed by atoms with Crippen molar-refractivity contribution in [3.8, 4) is 0 Å². The minimum Gasteiger partial charge on any atom is -0.396 e. The third kappa shape index (κ3) is 3.94. The quantitative estimate of drug-likeness (QED) is 0.693. The Bertz CT molecular complexity index is 204. The lowest BCUT2D eigenvalue weighted by Crippen LogP contribution is -2.41. The van der Waals surface area contributed by atoms with Gasteiger partial charge in [0.2, 0.25) is 0 Å². The maximum atomic E-state index is 8.79. The maximum Gasteiger partial charge on any atom is 0.0431 e. The van der Waals surface area contributed by atoms with Gasteiger partial charge < -0.3 is 15.3 Å². The normalized spacial score (nSPS) is 27.7. The maximum absolute atomic E-state index is 8.79. The molecule has 2 aliphatic heterocycles. The van der Waals surface area contributed by atoms with Gasteiger partial charge in [-0.3, -0.25) is 0 Å². The van der Waals surface area contributed by atoms with Crippen LogP contribution in [0.25, 0.3) is 0 Å². The molecule has 2 N–H and O–H groups in total. The highest BCUT2D eigenvalue weighted by Crippen LogP contribution is 2.29. The smallest absolute Gasteiger partial charge is 0.0431 e. The van der Waals surface area contributed by atoms with E-state index in [2.05, 4.69) is 10.2 Å². The van der Waals surface area contributed by atoms with Crippen LogP contribution in [0.4, 0.5) is 0 Å². The molecular formula is C14H28N2O. The van der Waals surface area contributed by atoms with E-state index in [4.69, 9.17) is 5.11 Å². The molecule has 1 unspecified atom stereocenters. The van der Waals surface area contributed by atoms with Crippen molar-refractivity contribution in [1.29, 1.82) is 0 Å². The highest BCUT2D eigenvalue weighted by molar-refractivity contribution is 4.87. The molecule has 3 nitrogen and oxygen atoms in total. The van der Waals surface area contributed by atoms with Crippen molar-refractivity contribution < 1.29 is 5.11 Å². The van der Waals surface area contributed by atoms with Crippen molar-refractivity contribution >= 4 is 0 Å². The molecule has 0 aliphatic carbocycles. The average molecular weight is 240 g/mol. The molecule has 2 heterocycles. The van der Waals surface area contributed by atoms with Crippen LogP contribution in [0.1, 0.15) is 44.9 Å². The lowest BCUT2D eigenvalue weighted by Gasteiger charge is -2.34. The summed E-state index contributed by atoms with van der Waals surface area (Å²) >= 11 is 0. The van der Waals surface area contributed by atoms with E-state index in [1.165, 1.54) is 64.7 Å². The van der Waals surface area contributed by atoms with Crippen LogP contribution in [0.2, 0.25) is 0 Å². The summed E-state index contributed by atoms with van der Waals surface area (Å²) in [7, 11) is 0. The van der Waals surface area contributed by atoms with Gasteiger partial charge in [-0.25, -0.2) is 0 Å². The van der Waals surface area contributed by atoms with E-state index in [9.17, 15) is 0 Å². The number of unbranched alkanes of at least 4 members (excludes halogenated alkanes) is 2. The largest absolute Gasteiger partial charge is 0.396 e. The van der Waals surface area contributed by atoms with E-state index < -0.39 is 0 Å². The lowest BCUT2D eigenvalue weighted by atomic mass is 9.88. The van der Waals surface area contributed by atoms with Gasteiger partial charge in [0, 0.05) is 12.6 Å². The standard InChI is InChI=1S/C14H28N2O/c17-12-3-1-2-10-16-11-4-5-14(16)13-6-8-15-9-7-13/h13-15,17H,1-12H2. The number of nitrogens with zero attached hydrogens (tertiary/aromatic N) is 1. The van der Waals surface area contributed by atoms with Crippen LogP contribution in [-0.2, 0) is 0 Å². The van der Waals surface area contributed by atoms with Crippen LogP contribution >= 0.6 is 0 Å². The summed E-state index contributed by atoms with van der Waals surface area (Å²) in [6.07, 6.45) is 8.99. The van der Waals surface area contributed by atoms with Gasteiger partial charge in [0.15, 0.2) is 0 Å². The van der Waals surface area contributed by atoms with Gasteiger partial charge in [-0.05, 0) is 77.0 Å². The van der Waals surface area contributed by atoms with E-state index in [0.717, 1.165) is 18.4 Å². The second kappa shape index (κ2) is 7.34. The molecule has 0 spiro atoms. The fraction of sp³-hybridized carbons (Fsp3) is 1.00. The number of hydrogen-bond acceptors (Lipinski definition) is 3. The number of aliphatic hydroxyl groups excluding tert-OH is 1. The zero-order chi connectivity index (χ0) is 11.9. The molecule has 3 heteroatoms. The van der Waals surface area contributed by atoms with Gasteiger partial charge in [-0.15, -0.1) is 0 Å². The zero-order valence-electron chi connectivity index (χ0n) is 11.0. The molecule has 0 aromatic rings. The number of hydrogen-bond donors (Lipinski definition) is 2. The zero-order valence-corrected chi connectivity index (χ0v) is 11.0. The summed E-state index contributed by atoms with van der Waals surface area (Å²) in [5.74, 6) is 0.941. The van der Waals surface area contributed by atoms with Gasteiger partial charge in [0.1, 0.15) is 0 Å². The summed E-state index contributed by atoms with van der Waals surface area (Å²) in [5, 5.41) is 12.3. The Morgan fingerprint density at radius 3 is 2.65 bits per heavy atom. The van der Waals surface area contributed by atoms with Crippen LogP contribution in [0.15, 0.2) is 0 Å². The monoisotopic (exact) mass is 240 g/mol. The van der Waals surface area contributed by atoms with E-state index in [1.54, 1.807) is 0 Å². The first-order valence-electron chi connectivity index (χ1n) is 7.47. The summed E-state index contributed by atoms with van der Waals surface area (Å²) in [6.45, 7) is 5.37. The number of aliphatic hydroxyl groups is 1. The molecule has 0 aromatic carbocycles. The molecule has 17 heavy (non-hydrogen) atoms. The minimum atomic E-state index is 0.359. The lowest BCUT2D eigenvalue weighted by molar-refractivity contribution is 0.159. The Balaban J connectivity index is 1.72. The summed E-state index contributed by atoms with van der Waals surface area (Å²) in [6, 6.07) is 0.867. The minimum absolute atomic E-state index is 0.359. The SMILES string of the molecule is OCCCCCN1CCCC1C1CCNCC1. The predicted molar refractivity (Wildman–Crippen MR) is 71.1 cm³/mol. The van der Waals surface area contributed by atoms with Crippen molar-refractivity contribution in [2.24, 2.45) is 5.92 Å². The first-order valence-corrected chi connectivity index (χ1v) is 7.47. The van der Waals surface area contributed by atoms with E-state index in [0.29, 0.717) is 6.61 Å². The average Bonchev–Trinajstić information content (AvgIpc) is 2.84. The molecule has 100 valence electrons. The summed E-state index contributed by atoms with van der Waals surface area (Å²) in [4.78, 5) is 2.73. The van der Waals surface area contributed by atoms with Crippen LogP contribution < -0.4 is 5.32 Å². The predicted octanol–water partition coefficient (Wildman–Crippen LogP) is 1.61. The van der Waals surface area contributed by atoms with Crippen molar-refractivity contribution in [2.75, 3.05) is 32.8 Å². The third-order valence-electron chi connectivity index (χ3n) is 4.45. The molecule has 2 aliphatic rings. The van der Waals surface area contributed by atoms with Gasteiger partial charge in [0.05, 0.1) is 0 Å². The Kier molecular flexibility index (Phi) is 5.75. The number of piperidine rings is 1. The molecule has 2 saturated heterocycles. The first kappa shape index (κ1) is 13.3. The van der Waals surface area contributed by atoms with Gasteiger partial charge in [-0.1, -0.05) is 0 Å². The van der Waals surface area contributed by atoms with Crippen molar-refractivity contribution in [1.82, 2.24) is 10.2 Å². The highest BCUT2D eigenvalue weighted by atomic mass is 16.2. The molecule has 1 atom stereocenters. The van der Waals surface area contributed by atoms with Crippen molar-refractivity contribution in [2.45, 2.75) is 51.0 Å². The Labute approximate surface area is 106 Å². The molecule has 0 bridgehead atoms. The summed E-state index contributed by atoms with van der Waals surface area (Å²) in [5.41, 5.74) is 0. The van der Waals surface area contributed by atoms with E-state index >= 15 is 0 Å². The van der Waals surface area contributed by atoms with Crippen LogP contribution in [0.5, 0.6) is 0 Å². The summed E-state index contributed by atoms with van der Waals surface area (Å²) < 4.78 is 0. The first-order chi connectivity index (χ1) is 8.42. The molecule has 0 radical (unpaired) electrons. The molecule has 0 saturated carbocycles. The molecule has 0 aromatic heterocycles. The Morgan fingerprint density at radius 1 is 1.06 bits per heavy atom. The topological polar surface area (TPSA) is 35.5 Å². The third-order valence-corrected chi connectivity index (χ3v) is 4.45. The number of nitrogens with one attached hydrogen (secondary N) is 1. The van der Waals surface area contributed by atoms with Crippen molar-refractivity contribution in [3.63, 3.8) is 0 Å². The Morgan fingerprint density at radius 2 is 1.88 bits per heavy atom. The fourth-order valence-electron chi connectivity index (χ4n) is 3.50. The molecule has 2 rings (SSSR count). The van der Waals surface area contributed by atoms with E-state index in [-0.39, 0.29) is 0 Å². The number of rotatable bonds is 6. The van der Waals surface area contributed by atoms with E-state index in [1.807, 2.05) is 0 Å². The van der Waals surface area contributed by atoms with Crippen molar-refractivity contribution in [3.05, 3.63) is 0 Å². The second-order valence-electron chi connectivity index (χ2n) is 5.62. The highest BCUT2D eigenvalue weighted by Gasteiger charge is 2.31. The van der Waals surface area contributed by atoms with Crippen LogP contribution in [-0.4, -0.2) is 48.8 Å².